The first kappa shape index (κ1) is 93.1. The van der Waals surface area contributed by atoms with Crippen LogP contribution >= 0.6 is 15.6 Å². The minimum Gasteiger partial charge on any atom is -0.462 e. The lowest BCUT2D eigenvalue weighted by molar-refractivity contribution is -0.161. The molecule has 6 atom stereocenters. The first-order valence-electron chi connectivity index (χ1n) is 39.2. The zero-order valence-electron chi connectivity index (χ0n) is 62.3. The van der Waals surface area contributed by atoms with Gasteiger partial charge in [-0.15, -0.1) is 0 Å². The van der Waals surface area contributed by atoms with Gasteiger partial charge in [-0.2, -0.15) is 0 Å². The third-order valence-corrected chi connectivity index (χ3v) is 19.8. The molecule has 3 N–H and O–H groups in total. The average molecular weight is 1400 g/mol. The second-order valence-corrected chi connectivity index (χ2v) is 32.0. The Hall–Kier alpha value is -1.94. The van der Waals surface area contributed by atoms with Gasteiger partial charge in [0.25, 0.3) is 0 Å². The molecule has 0 rings (SSSR count). The van der Waals surface area contributed by atoms with Gasteiger partial charge in [0.2, 0.25) is 0 Å². The largest absolute Gasteiger partial charge is 0.472 e. The third-order valence-electron chi connectivity index (χ3n) is 17.9. The number of aliphatic hydroxyl groups is 1. The monoisotopic (exact) mass is 1400 g/mol. The Labute approximate surface area is 581 Å². The van der Waals surface area contributed by atoms with Crippen LogP contribution in [0.4, 0.5) is 0 Å². The predicted octanol–water partition coefficient (Wildman–Crippen LogP) is 22.0. The van der Waals surface area contributed by atoms with Crippen LogP contribution in [-0.4, -0.2) is 96.7 Å². The molecule has 564 valence electrons. The molecule has 0 aliphatic carbocycles. The van der Waals surface area contributed by atoms with E-state index < -0.39 is 97.5 Å². The molecule has 0 aliphatic rings. The molecule has 0 aliphatic heterocycles. The van der Waals surface area contributed by atoms with E-state index in [4.69, 9.17) is 37.0 Å². The third kappa shape index (κ3) is 69.0. The summed E-state index contributed by atoms with van der Waals surface area (Å²) in [5.74, 6) is 0.925. The first-order valence-corrected chi connectivity index (χ1v) is 42.2. The lowest BCUT2D eigenvalue weighted by atomic mass is 10.00. The fourth-order valence-corrected chi connectivity index (χ4v) is 13.1. The summed E-state index contributed by atoms with van der Waals surface area (Å²) in [4.78, 5) is 72.8. The molecule has 3 unspecified atom stereocenters. The van der Waals surface area contributed by atoms with E-state index in [1.165, 1.54) is 180 Å². The van der Waals surface area contributed by atoms with Crippen molar-refractivity contribution in [2.24, 2.45) is 23.7 Å². The highest BCUT2D eigenvalue weighted by Gasteiger charge is 2.30. The molecule has 0 saturated heterocycles. The van der Waals surface area contributed by atoms with Crippen LogP contribution in [0, 0.1) is 23.7 Å². The van der Waals surface area contributed by atoms with E-state index in [0.29, 0.717) is 25.7 Å². The van der Waals surface area contributed by atoms with Crippen LogP contribution in [0.1, 0.15) is 383 Å². The van der Waals surface area contributed by atoms with Crippen molar-refractivity contribution in [1.82, 2.24) is 0 Å². The first-order chi connectivity index (χ1) is 45.6. The summed E-state index contributed by atoms with van der Waals surface area (Å²) < 4.78 is 68.5. The molecule has 0 aromatic rings. The van der Waals surface area contributed by atoms with Gasteiger partial charge in [-0.05, 0) is 49.4 Å². The maximum atomic E-state index is 13.1. The lowest BCUT2D eigenvalue weighted by Gasteiger charge is -2.21. The number of unbranched alkanes of at least 4 members (excludes halogenated alkanes) is 38. The van der Waals surface area contributed by atoms with Gasteiger partial charge in [-0.1, -0.05) is 331 Å². The second kappa shape index (κ2) is 65.4. The van der Waals surface area contributed by atoms with Gasteiger partial charge in [0.15, 0.2) is 12.2 Å². The Kier molecular flexibility index (Phi) is 64.0. The molecule has 0 aromatic carbocycles. The number of carbonyl (C=O) groups is 4. The number of esters is 4. The number of phosphoric ester groups is 2. The Morgan fingerprint density at radius 1 is 0.295 bits per heavy atom. The summed E-state index contributed by atoms with van der Waals surface area (Å²) in [6, 6.07) is 0. The van der Waals surface area contributed by atoms with Crippen molar-refractivity contribution >= 4 is 39.5 Å². The summed E-state index contributed by atoms with van der Waals surface area (Å²) >= 11 is 0. The summed E-state index contributed by atoms with van der Waals surface area (Å²) in [5, 5.41) is 10.6. The molecule has 0 radical (unpaired) electrons. The van der Waals surface area contributed by atoms with Crippen molar-refractivity contribution in [1.29, 1.82) is 0 Å². The molecule has 19 heteroatoms. The maximum absolute atomic E-state index is 13.1. The summed E-state index contributed by atoms with van der Waals surface area (Å²) in [6.07, 6.45) is 50.0. The van der Waals surface area contributed by atoms with Crippen molar-refractivity contribution < 1.29 is 80.2 Å². The standard InChI is InChI=1S/C76H148O17P2/c1-9-69(8)55-47-39-34-35-41-49-57-74(79)87-63-72(93-75(80)58-50-42-32-26-19-15-13-11-10-12-14-17-22-28-36-44-52-66(2)3)65-91-95(84,85)89-61-70(77)60-88-94(82,83)90-64-71(92-76(81)59-51-43-33-27-21-24-30-38-46-54-68(6)7)62-86-73(78)56-48-40-31-25-20-16-18-23-29-37-45-53-67(4)5/h66-72,77H,9-65H2,1-8H3,(H,82,83)(H,84,85)/t69?,70-,71-,72-/m1/s1. The van der Waals surface area contributed by atoms with Crippen LogP contribution in [0.15, 0.2) is 0 Å². The van der Waals surface area contributed by atoms with Gasteiger partial charge in [-0.3, -0.25) is 37.3 Å². The average Bonchev–Trinajstić information content (AvgIpc) is 1.66. The van der Waals surface area contributed by atoms with E-state index in [-0.39, 0.29) is 25.7 Å². The predicted molar refractivity (Wildman–Crippen MR) is 386 cm³/mol. The molecule has 0 aromatic heterocycles. The SMILES string of the molecule is CCC(C)CCCCCCCCC(=O)OC[C@H](COP(=O)(O)OC[C@H](O)COP(=O)(O)OC[C@@H](COC(=O)CCCCCCCCCCCCCC(C)C)OC(=O)CCCCCCCCCCCC(C)C)OC(=O)CCCCCCCCCCCCCCCCCCC(C)C. The van der Waals surface area contributed by atoms with Crippen LogP contribution in [0.3, 0.4) is 0 Å². The molecule has 0 saturated carbocycles. The van der Waals surface area contributed by atoms with E-state index in [0.717, 1.165) is 120 Å². The molecule has 0 spiro atoms. The Bertz CT molecular complexity index is 1870. The molecular weight excluding hydrogens is 1250 g/mol. The smallest absolute Gasteiger partial charge is 0.462 e. The number of ether oxygens (including phenoxy) is 4. The molecule has 0 amide bonds. The Morgan fingerprint density at radius 3 is 0.747 bits per heavy atom. The van der Waals surface area contributed by atoms with Crippen LogP contribution in [0.5, 0.6) is 0 Å². The summed E-state index contributed by atoms with van der Waals surface area (Å²) in [6.45, 7) is 14.2. The summed E-state index contributed by atoms with van der Waals surface area (Å²) in [7, 11) is -9.91. The molecular formula is C76H148O17P2. The van der Waals surface area contributed by atoms with Crippen molar-refractivity contribution in [3.63, 3.8) is 0 Å². The van der Waals surface area contributed by atoms with Crippen LogP contribution < -0.4 is 0 Å². The van der Waals surface area contributed by atoms with E-state index in [2.05, 4.69) is 55.4 Å². The molecule has 0 bridgehead atoms. The Morgan fingerprint density at radius 2 is 0.505 bits per heavy atom. The van der Waals surface area contributed by atoms with Crippen LogP contribution in [0.2, 0.25) is 0 Å². The van der Waals surface area contributed by atoms with Gasteiger partial charge < -0.3 is 33.8 Å². The fraction of sp³-hybridized carbons (Fsp3) is 0.947. The van der Waals surface area contributed by atoms with E-state index in [1.54, 1.807) is 0 Å². The van der Waals surface area contributed by atoms with E-state index >= 15 is 0 Å². The fourth-order valence-electron chi connectivity index (χ4n) is 11.5. The minimum atomic E-state index is -4.96. The summed E-state index contributed by atoms with van der Waals surface area (Å²) in [5.41, 5.74) is 0. The normalized spacial score (nSPS) is 14.4. The zero-order valence-corrected chi connectivity index (χ0v) is 64.1. The number of aliphatic hydroxyl groups excluding tert-OH is 1. The quantitative estimate of drug-likeness (QED) is 0.0222. The highest BCUT2D eigenvalue weighted by atomic mass is 31.2. The lowest BCUT2D eigenvalue weighted by Crippen LogP contribution is -2.30. The van der Waals surface area contributed by atoms with Crippen LogP contribution in [-0.2, 0) is 65.4 Å². The maximum Gasteiger partial charge on any atom is 0.472 e. The topological polar surface area (TPSA) is 237 Å². The number of carbonyl (C=O) groups excluding carboxylic acids is 4. The van der Waals surface area contributed by atoms with Crippen molar-refractivity contribution in [3.05, 3.63) is 0 Å². The molecule has 17 nitrogen and oxygen atoms in total. The molecule has 0 fully saturated rings. The Balaban J connectivity index is 5.22. The van der Waals surface area contributed by atoms with Gasteiger partial charge in [0.05, 0.1) is 26.4 Å². The minimum absolute atomic E-state index is 0.105. The highest BCUT2D eigenvalue weighted by molar-refractivity contribution is 7.47. The second-order valence-electron chi connectivity index (χ2n) is 29.1. The van der Waals surface area contributed by atoms with Crippen molar-refractivity contribution in [2.45, 2.75) is 401 Å². The van der Waals surface area contributed by atoms with Crippen molar-refractivity contribution in [2.75, 3.05) is 39.6 Å². The highest BCUT2D eigenvalue weighted by Crippen LogP contribution is 2.45. The van der Waals surface area contributed by atoms with E-state index in [9.17, 15) is 43.2 Å². The zero-order chi connectivity index (χ0) is 70.3. The van der Waals surface area contributed by atoms with Crippen molar-refractivity contribution in [3.8, 4) is 0 Å². The number of hydrogen-bond donors (Lipinski definition) is 3. The number of phosphoric acid groups is 2. The molecule has 95 heavy (non-hydrogen) atoms. The van der Waals surface area contributed by atoms with Gasteiger partial charge in [-0.25, -0.2) is 9.13 Å². The number of hydrogen-bond acceptors (Lipinski definition) is 15. The van der Waals surface area contributed by atoms with E-state index in [1.807, 2.05) is 0 Å². The van der Waals surface area contributed by atoms with Gasteiger partial charge >= 0.3 is 39.5 Å². The molecule has 0 heterocycles. The van der Waals surface area contributed by atoms with Gasteiger partial charge in [0.1, 0.15) is 19.3 Å². The number of rotatable bonds is 73. The van der Waals surface area contributed by atoms with Crippen LogP contribution in [0.25, 0.3) is 0 Å². The van der Waals surface area contributed by atoms with Gasteiger partial charge in [0, 0.05) is 25.7 Å².